The highest BCUT2D eigenvalue weighted by Gasteiger charge is 2.56. The number of carbonyl (C=O) groups excluding carboxylic acids is 2. The lowest BCUT2D eigenvalue weighted by Gasteiger charge is -2.14. The molecule has 0 heterocycles. The van der Waals surface area contributed by atoms with Gasteiger partial charge in [0.05, 0.1) is 0 Å². The lowest BCUT2D eigenvalue weighted by molar-refractivity contribution is -0.192. The molecule has 6 heteroatoms. The Hall–Kier alpha value is -0.940. The van der Waals surface area contributed by atoms with Crippen molar-refractivity contribution >= 4 is 12.6 Å². The molecular weight excluding hydrogens is 156 g/mol. The first-order valence-electron chi connectivity index (χ1n) is 2.05. The molecule has 0 aliphatic carbocycles. The van der Waals surface area contributed by atoms with Gasteiger partial charge in [0.25, 0.3) is 0 Å². The maximum Gasteiger partial charge on any atom is 0.371 e. The fourth-order valence-corrected chi connectivity index (χ4v) is 0.157. The van der Waals surface area contributed by atoms with Crippen LogP contribution < -0.4 is 0 Å². The minimum absolute atomic E-state index is 1.26. The molecule has 0 atom stereocenters. The van der Waals surface area contributed by atoms with Crippen LogP contribution in [-0.4, -0.2) is 24.4 Å². The Bertz CT molecular complexity index is 135. The molecule has 0 fully saturated rings. The molecule has 0 aromatic carbocycles. The highest BCUT2D eigenvalue weighted by molar-refractivity contribution is 5.73. The second kappa shape index (κ2) is 2.36. The molecule has 0 spiro atoms. The first-order valence-corrected chi connectivity index (χ1v) is 2.05. The molecule has 0 N–H and O–H groups in total. The number of carbonyl (C=O) groups is 2. The van der Waals surface area contributed by atoms with Crippen LogP contribution in [0.4, 0.5) is 17.6 Å². The van der Waals surface area contributed by atoms with Crippen molar-refractivity contribution in [3.05, 3.63) is 0 Å². The summed E-state index contributed by atoms with van der Waals surface area (Å²) in [7, 11) is 0. The zero-order valence-corrected chi connectivity index (χ0v) is 4.48. The summed E-state index contributed by atoms with van der Waals surface area (Å²) in [5.74, 6) is -9.79. The third-order valence-electron chi connectivity index (χ3n) is 0.740. The molecular formula is C4H2F4O2. The van der Waals surface area contributed by atoms with E-state index in [2.05, 4.69) is 0 Å². The van der Waals surface area contributed by atoms with Crippen LogP contribution in [0.1, 0.15) is 0 Å². The van der Waals surface area contributed by atoms with Crippen LogP contribution in [0.5, 0.6) is 0 Å². The van der Waals surface area contributed by atoms with Crippen molar-refractivity contribution in [3.63, 3.8) is 0 Å². The Morgan fingerprint density at radius 1 is 0.800 bits per heavy atom. The first kappa shape index (κ1) is 9.06. The summed E-state index contributed by atoms with van der Waals surface area (Å²) in [5.41, 5.74) is 0. The topological polar surface area (TPSA) is 34.1 Å². The highest BCUT2D eigenvalue weighted by Crippen LogP contribution is 2.29. The van der Waals surface area contributed by atoms with Gasteiger partial charge in [0.2, 0.25) is 0 Å². The monoisotopic (exact) mass is 158 g/mol. The summed E-state index contributed by atoms with van der Waals surface area (Å²) in [6.07, 6.45) is -2.52. The van der Waals surface area contributed by atoms with Gasteiger partial charge in [-0.25, -0.2) is 0 Å². The highest BCUT2D eigenvalue weighted by atomic mass is 19.3. The third-order valence-corrected chi connectivity index (χ3v) is 0.740. The van der Waals surface area contributed by atoms with E-state index in [4.69, 9.17) is 0 Å². The van der Waals surface area contributed by atoms with Crippen LogP contribution in [0.3, 0.4) is 0 Å². The van der Waals surface area contributed by atoms with Crippen LogP contribution >= 0.6 is 0 Å². The van der Waals surface area contributed by atoms with E-state index in [1.54, 1.807) is 0 Å². The smallest absolute Gasteiger partial charge is 0.296 e. The van der Waals surface area contributed by atoms with E-state index in [0.29, 0.717) is 0 Å². The van der Waals surface area contributed by atoms with Gasteiger partial charge in [0, 0.05) is 0 Å². The summed E-state index contributed by atoms with van der Waals surface area (Å²) in [6, 6.07) is 0. The lowest BCUT2D eigenvalue weighted by atomic mass is 10.2. The molecule has 0 unspecified atom stereocenters. The van der Waals surface area contributed by atoms with E-state index < -0.39 is 24.4 Å². The van der Waals surface area contributed by atoms with E-state index in [9.17, 15) is 27.2 Å². The Kier molecular flexibility index (Phi) is 2.13. The average Bonchev–Trinajstić information content (AvgIpc) is 1.88. The van der Waals surface area contributed by atoms with E-state index in [1.165, 1.54) is 0 Å². The largest absolute Gasteiger partial charge is 0.371 e. The SMILES string of the molecule is O=CC(F)(F)C(F)(F)C=O. The molecule has 0 saturated heterocycles. The van der Waals surface area contributed by atoms with Gasteiger partial charge in [0.15, 0.2) is 12.6 Å². The second-order valence-corrected chi connectivity index (χ2v) is 1.48. The van der Waals surface area contributed by atoms with Gasteiger partial charge in [-0.05, 0) is 0 Å². The summed E-state index contributed by atoms with van der Waals surface area (Å²) in [4.78, 5) is 18.5. The number of alkyl halides is 4. The Morgan fingerprint density at radius 3 is 1.10 bits per heavy atom. The van der Waals surface area contributed by atoms with E-state index in [1.807, 2.05) is 0 Å². The number of hydrogen-bond donors (Lipinski definition) is 0. The van der Waals surface area contributed by atoms with Crippen molar-refractivity contribution in [1.82, 2.24) is 0 Å². The van der Waals surface area contributed by atoms with Crippen LogP contribution in [0.15, 0.2) is 0 Å². The quantitative estimate of drug-likeness (QED) is 0.446. The van der Waals surface area contributed by atoms with Crippen LogP contribution in [-0.2, 0) is 9.59 Å². The van der Waals surface area contributed by atoms with Crippen molar-refractivity contribution in [1.29, 1.82) is 0 Å². The number of hydrogen-bond acceptors (Lipinski definition) is 2. The molecule has 0 amide bonds. The Morgan fingerprint density at radius 2 is 1.00 bits per heavy atom. The fraction of sp³-hybridized carbons (Fsp3) is 0.500. The predicted molar refractivity (Wildman–Crippen MR) is 22.0 cm³/mol. The summed E-state index contributed by atoms with van der Waals surface area (Å²) >= 11 is 0. The molecule has 58 valence electrons. The van der Waals surface area contributed by atoms with Gasteiger partial charge < -0.3 is 0 Å². The molecule has 0 aliphatic rings. The van der Waals surface area contributed by atoms with E-state index in [-0.39, 0.29) is 0 Å². The first-order chi connectivity index (χ1) is 4.37. The number of halogens is 4. The van der Waals surface area contributed by atoms with Crippen molar-refractivity contribution in [3.8, 4) is 0 Å². The molecule has 0 aliphatic heterocycles. The van der Waals surface area contributed by atoms with Crippen LogP contribution in [0, 0.1) is 0 Å². The molecule has 0 radical (unpaired) electrons. The van der Waals surface area contributed by atoms with Gasteiger partial charge in [-0.2, -0.15) is 17.6 Å². The molecule has 0 saturated carbocycles. The maximum atomic E-state index is 11.6. The van der Waals surface area contributed by atoms with Crippen LogP contribution in [0.2, 0.25) is 0 Å². The van der Waals surface area contributed by atoms with Crippen molar-refractivity contribution in [2.45, 2.75) is 11.8 Å². The summed E-state index contributed by atoms with van der Waals surface area (Å²) in [5, 5.41) is 0. The fourth-order valence-electron chi connectivity index (χ4n) is 0.157. The van der Waals surface area contributed by atoms with E-state index >= 15 is 0 Å². The zero-order valence-electron chi connectivity index (χ0n) is 4.48. The molecule has 0 bridgehead atoms. The minimum Gasteiger partial charge on any atom is -0.296 e. The normalized spacial score (nSPS) is 12.8. The number of rotatable bonds is 3. The third kappa shape index (κ3) is 1.31. The molecule has 2 nitrogen and oxygen atoms in total. The lowest BCUT2D eigenvalue weighted by Crippen LogP contribution is -2.43. The summed E-state index contributed by atoms with van der Waals surface area (Å²) < 4.78 is 46.3. The van der Waals surface area contributed by atoms with Gasteiger partial charge in [-0.1, -0.05) is 0 Å². The van der Waals surface area contributed by atoms with Gasteiger partial charge in [0.1, 0.15) is 0 Å². The Labute approximate surface area is 52.8 Å². The number of aldehydes is 2. The molecule has 0 aromatic heterocycles. The predicted octanol–water partition coefficient (Wildman–Crippen LogP) is 0.655. The average molecular weight is 158 g/mol. The Balaban J connectivity index is 4.59. The van der Waals surface area contributed by atoms with Gasteiger partial charge >= 0.3 is 11.8 Å². The maximum absolute atomic E-state index is 11.6. The molecule has 10 heavy (non-hydrogen) atoms. The minimum atomic E-state index is -4.89. The molecule has 0 aromatic rings. The van der Waals surface area contributed by atoms with Crippen molar-refractivity contribution in [2.75, 3.05) is 0 Å². The summed E-state index contributed by atoms with van der Waals surface area (Å²) in [6.45, 7) is 0. The standard InChI is InChI=1S/C4H2F4O2/c5-3(6,1-9)4(7,8)2-10/h1-2H. The molecule has 0 rings (SSSR count). The van der Waals surface area contributed by atoms with Gasteiger partial charge in [-0.15, -0.1) is 0 Å². The van der Waals surface area contributed by atoms with E-state index in [0.717, 1.165) is 0 Å². The van der Waals surface area contributed by atoms with Gasteiger partial charge in [-0.3, -0.25) is 9.59 Å². The van der Waals surface area contributed by atoms with Crippen molar-refractivity contribution < 1.29 is 27.2 Å². The zero-order chi connectivity index (χ0) is 8.41. The van der Waals surface area contributed by atoms with Crippen LogP contribution in [0.25, 0.3) is 0 Å². The van der Waals surface area contributed by atoms with Crippen molar-refractivity contribution in [2.24, 2.45) is 0 Å². The second-order valence-electron chi connectivity index (χ2n) is 1.48.